The van der Waals surface area contributed by atoms with Crippen LogP contribution in [-0.2, 0) is 0 Å². The van der Waals surface area contributed by atoms with Gasteiger partial charge in [-0.15, -0.1) is 4.91 Å². The summed E-state index contributed by atoms with van der Waals surface area (Å²) in [7, 11) is 1.50. The summed E-state index contributed by atoms with van der Waals surface area (Å²) in [6.45, 7) is 0. The highest BCUT2D eigenvalue weighted by atomic mass is 35.5. The topological polar surface area (TPSA) is 58.5 Å². The molecule has 0 fully saturated rings. The maximum Gasteiger partial charge on any atom is 0.252 e. The summed E-state index contributed by atoms with van der Waals surface area (Å²) in [6.07, 6.45) is 0. The first-order valence-electron chi connectivity index (χ1n) is 3.54. The molecule has 0 radical (unpaired) electrons. The second kappa shape index (κ2) is 4.00. The van der Waals surface area contributed by atoms with Crippen LogP contribution >= 0.6 is 11.6 Å². The van der Waals surface area contributed by atoms with E-state index in [4.69, 9.17) is 11.6 Å². The van der Waals surface area contributed by atoms with Crippen LogP contribution in [-0.4, -0.2) is 13.0 Å². The molecule has 5 heteroatoms. The van der Waals surface area contributed by atoms with Crippen LogP contribution in [0.3, 0.4) is 0 Å². The van der Waals surface area contributed by atoms with E-state index in [2.05, 4.69) is 10.5 Å². The van der Waals surface area contributed by atoms with Gasteiger partial charge in [-0.05, 0) is 23.4 Å². The number of hydrogen-bond donors (Lipinski definition) is 1. The number of benzene rings is 1. The van der Waals surface area contributed by atoms with E-state index in [0.717, 1.165) is 0 Å². The van der Waals surface area contributed by atoms with Gasteiger partial charge >= 0.3 is 0 Å². The number of carbonyl (C=O) groups excluding carboxylic acids is 1. The summed E-state index contributed by atoms with van der Waals surface area (Å²) < 4.78 is 0. The molecule has 1 amide bonds. The molecule has 4 nitrogen and oxygen atoms in total. The Labute approximate surface area is 79.9 Å². The number of nitrogens with one attached hydrogen (secondary N) is 1. The number of hydrogen-bond acceptors (Lipinski definition) is 3. The fraction of sp³-hybridized carbons (Fsp3) is 0.125. The van der Waals surface area contributed by atoms with Crippen LogP contribution in [0, 0.1) is 4.91 Å². The zero-order valence-corrected chi connectivity index (χ0v) is 7.63. The Morgan fingerprint density at radius 3 is 2.69 bits per heavy atom. The van der Waals surface area contributed by atoms with E-state index >= 15 is 0 Å². The zero-order valence-electron chi connectivity index (χ0n) is 6.87. The van der Waals surface area contributed by atoms with E-state index in [0.29, 0.717) is 5.56 Å². The normalized spacial score (nSPS) is 9.38. The Morgan fingerprint density at radius 1 is 1.54 bits per heavy atom. The molecule has 0 atom stereocenters. The van der Waals surface area contributed by atoms with E-state index < -0.39 is 0 Å². The molecular weight excluding hydrogens is 192 g/mol. The predicted octanol–water partition coefficient (Wildman–Crippen LogP) is 2.10. The third-order valence-electron chi connectivity index (χ3n) is 1.53. The summed E-state index contributed by atoms with van der Waals surface area (Å²) in [6, 6.07) is 4.24. The minimum atomic E-state index is -0.289. The average molecular weight is 199 g/mol. The van der Waals surface area contributed by atoms with Crippen molar-refractivity contribution in [1.82, 2.24) is 5.32 Å². The fourth-order valence-corrected chi connectivity index (χ4v) is 1.14. The van der Waals surface area contributed by atoms with Crippen LogP contribution in [0.1, 0.15) is 10.4 Å². The molecule has 0 aliphatic rings. The van der Waals surface area contributed by atoms with E-state index in [1.165, 1.54) is 25.2 Å². The number of nitroso groups, excluding NO2 is 1. The van der Waals surface area contributed by atoms with Gasteiger partial charge in [0.1, 0.15) is 5.69 Å². The molecule has 0 aliphatic carbocycles. The largest absolute Gasteiger partial charge is 0.355 e. The molecule has 0 unspecified atom stereocenters. The number of nitrogens with zero attached hydrogens (tertiary/aromatic N) is 1. The molecule has 1 aromatic rings. The molecule has 0 bridgehead atoms. The second-order valence-corrected chi connectivity index (χ2v) is 2.74. The highest BCUT2D eigenvalue weighted by molar-refractivity contribution is 6.34. The maximum absolute atomic E-state index is 11.1. The van der Waals surface area contributed by atoms with Gasteiger partial charge in [0.05, 0.1) is 10.6 Å². The van der Waals surface area contributed by atoms with Crippen LogP contribution in [0.2, 0.25) is 5.02 Å². The Kier molecular flexibility index (Phi) is 2.97. The van der Waals surface area contributed by atoms with E-state index in [1.54, 1.807) is 0 Å². The molecule has 0 saturated heterocycles. The van der Waals surface area contributed by atoms with Crippen molar-refractivity contribution >= 4 is 23.2 Å². The van der Waals surface area contributed by atoms with Crippen molar-refractivity contribution in [2.45, 2.75) is 0 Å². The van der Waals surface area contributed by atoms with E-state index in [9.17, 15) is 9.70 Å². The lowest BCUT2D eigenvalue weighted by molar-refractivity contribution is 0.0963. The molecule has 1 N–H and O–H groups in total. The Morgan fingerprint density at radius 2 is 2.23 bits per heavy atom. The summed E-state index contributed by atoms with van der Waals surface area (Å²) in [5.41, 5.74) is 0.536. The van der Waals surface area contributed by atoms with Gasteiger partial charge in [-0.1, -0.05) is 11.6 Å². The quantitative estimate of drug-likeness (QED) is 0.740. The Balaban J connectivity index is 3.12. The van der Waals surface area contributed by atoms with Crippen LogP contribution in [0.5, 0.6) is 0 Å². The maximum atomic E-state index is 11.1. The molecule has 0 aliphatic heterocycles. The first kappa shape index (κ1) is 9.67. The number of carbonyl (C=O) groups is 1. The Hall–Kier alpha value is -1.42. The zero-order chi connectivity index (χ0) is 9.84. The molecule has 0 spiro atoms. The van der Waals surface area contributed by atoms with Gasteiger partial charge in [-0.25, -0.2) is 0 Å². The van der Waals surface area contributed by atoms with Crippen molar-refractivity contribution in [3.63, 3.8) is 0 Å². The summed E-state index contributed by atoms with van der Waals surface area (Å²) in [5.74, 6) is -0.289. The van der Waals surface area contributed by atoms with Crippen molar-refractivity contribution in [1.29, 1.82) is 0 Å². The van der Waals surface area contributed by atoms with Gasteiger partial charge in [0.25, 0.3) is 5.91 Å². The standard InChI is InChI=1S/C8H7ClN2O2/c1-10-8(12)6-3-2-5(11-13)4-7(6)9/h2-4H,1H3,(H,10,12). The first-order valence-corrected chi connectivity index (χ1v) is 3.92. The van der Waals surface area contributed by atoms with Gasteiger partial charge in [0, 0.05) is 7.05 Å². The lowest BCUT2D eigenvalue weighted by atomic mass is 10.2. The summed E-state index contributed by atoms with van der Waals surface area (Å²) >= 11 is 5.72. The molecule has 1 rings (SSSR count). The third-order valence-corrected chi connectivity index (χ3v) is 1.84. The second-order valence-electron chi connectivity index (χ2n) is 2.33. The minimum Gasteiger partial charge on any atom is -0.355 e. The summed E-state index contributed by atoms with van der Waals surface area (Å²) in [5, 5.41) is 5.34. The van der Waals surface area contributed by atoms with Gasteiger partial charge in [-0.3, -0.25) is 4.79 Å². The highest BCUT2D eigenvalue weighted by Crippen LogP contribution is 2.22. The SMILES string of the molecule is CNC(=O)c1ccc(N=O)cc1Cl. The minimum absolute atomic E-state index is 0.206. The monoisotopic (exact) mass is 198 g/mol. The van der Waals surface area contributed by atoms with Crippen LogP contribution in [0.25, 0.3) is 0 Å². The first-order chi connectivity index (χ1) is 6.19. The molecule has 0 aromatic heterocycles. The number of rotatable bonds is 2. The van der Waals surface area contributed by atoms with Crippen LogP contribution < -0.4 is 5.32 Å². The van der Waals surface area contributed by atoms with E-state index in [1.807, 2.05) is 0 Å². The van der Waals surface area contributed by atoms with Gasteiger partial charge < -0.3 is 5.32 Å². The molecule has 0 saturated carbocycles. The van der Waals surface area contributed by atoms with Crippen molar-refractivity contribution < 1.29 is 4.79 Å². The van der Waals surface area contributed by atoms with Crippen molar-refractivity contribution in [2.75, 3.05) is 7.05 Å². The van der Waals surface area contributed by atoms with Gasteiger partial charge in [0.15, 0.2) is 0 Å². The molecule has 1 aromatic carbocycles. The van der Waals surface area contributed by atoms with Gasteiger partial charge in [-0.2, -0.15) is 0 Å². The van der Waals surface area contributed by atoms with Crippen LogP contribution in [0.15, 0.2) is 23.4 Å². The predicted molar refractivity (Wildman–Crippen MR) is 50.3 cm³/mol. The average Bonchev–Trinajstić information content (AvgIpc) is 2.16. The van der Waals surface area contributed by atoms with Crippen molar-refractivity contribution in [3.8, 4) is 0 Å². The highest BCUT2D eigenvalue weighted by Gasteiger charge is 2.08. The third kappa shape index (κ3) is 2.03. The van der Waals surface area contributed by atoms with E-state index in [-0.39, 0.29) is 16.6 Å². The number of amides is 1. The molecule has 13 heavy (non-hydrogen) atoms. The van der Waals surface area contributed by atoms with Crippen molar-refractivity contribution in [2.24, 2.45) is 5.18 Å². The number of halogens is 1. The smallest absolute Gasteiger partial charge is 0.252 e. The van der Waals surface area contributed by atoms with Crippen molar-refractivity contribution in [3.05, 3.63) is 33.7 Å². The molecular formula is C8H7ClN2O2. The Bertz CT molecular complexity index is 352. The lowest BCUT2D eigenvalue weighted by Gasteiger charge is -2.01. The molecule has 68 valence electrons. The molecule has 0 heterocycles. The van der Waals surface area contributed by atoms with Crippen LogP contribution in [0.4, 0.5) is 5.69 Å². The van der Waals surface area contributed by atoms with Gasteiger partial charge in [0.2, 0.25) is 0 Å². The lowest BCUT2D eigenvalue weighted by Crippen LogP contribution is -2.17. The summed E-state index contributed by atoms with van der Waals surface area (Å²) in [4.78, 5) is 21.2. The fourth-order valence-electron chi connectivity index (χ4n) is 0.880.